The average Bonchev–Trinajstić information content (AvgIpc) is 2.62. The summed E-state index contributed by atoms with van der Waals surface area (Å²) >= 11 is 0. The number of hydrogen-bond donors (Lipinski definition) is 2. The molecule has 0 saturated carbocycles. The number of nitrogens with zero attached hydrogens (tertiary/aromatic N) is 1. The fraction of sp³-hybridized carbons (Fsp3) is 0.222. The van der Waals surface area contributed by atoms with Gasteiger partial charge in [-0.25, -0.2) is 0 Å². The highest BCUT2D eigenvalue weighted by Gasteiger charge is 2.20. The smallest absolute Gasteiger partial charge is 0.259 e. The summed E-state index contributed by atoms with van der Waals surface area (Å²) in [5.74, 6) is 0.248. The molecule has 1 fully saturated rings. The lowest BCUT2D eigenvalue weighted by Crippen LogP contribution is -2.47. The molecule has 2 N–H and O–H groups in total. The second kappa shape index (κ2) is 7.04. The summed E-state index contributed by atoms with van der Waals surface area (Å²) in [7, 11) is 1.53. The standard InChI is InChI=1S/C18H19N3O3/c1-24-16-9-5-2-6-13(16)18(23)20-14-7-3-4-8-15(14)21-11-10-19-17(22)12-21/h2-9H,10-12H2,1H3,(H,19,22)(H,20,23). The van der Waals surface area contributed by atoms with Gasteiger partial charge in [0.05, 0.1) is 30.6 Å². The minimum Gasteiger partial charge on any atom is -0.496 e. The first-order valence-corrected chi connectivity index (χ1v) is 7.74. The van der Waals surface area contributed by atoms with Crippen molar-refractivity contribution in [3.8, 4) is 5.75 Å². The Morgan fingerprint density at radius 3 is 2.71 bits per heavy atom. The summed E-state index contributed by atoms with van der Waals surface area (Å²) in [4.78, 5) is 26.2. The summed E-state index contributed by atoms with van der Waals surface area (Å²) in [5, 5.41) is 5.72. The Hall–Kier alpha value is -3.02. The Labute approximate surface area is 140 Å². The minimum absolute atomic E-state index is 0.0212. The molecule has 0 atom stereocenters. The number of amides is 2. The predicted octanol–water partition coefficient (Wildman–Crippen LogP) is 1.88. The molecule has 0 spiro atoms. The highest BCUT2D eigenvalue weighted by molar-refractivity contribution is 6.07. The summed E-state index contributed by atoms with van der Waals surface area (Å²) in [6.07, 6.45) is 0. The van der Waals surface area contributed by atoms with Crippen LogP contribution in [-0.4, -0.2) is 38.6 Å². The average molecular weight is 325 g/mol. The van der Waals surface area contributed by atoms with Crippen molar-refractivity contribution in [3.05, 3.63) is 54.1 Å². The van der Waals surface area contributed by atoms with Gasteiger partial charge in [-0.3, -0.25) is 9.59 Å². The number of benzene rings is 2. The Balaban J connectivity index is 1.85. The van der Waals surface area contributed by atoms with Crippen LogP contribution >= 0.6 is 0 Å². The molecule has 2 aromatic carbocycles. The van der Waals surface area contributed by atoms with Gasteiger partial charge in [0.2, 0.25) is 5.91 Å². The van der Waals surface area contributed by atoms with Crippen LogP contribution in [0.2, 0.25) is 0 Å². The van der Waals surface area contributed by atoms with Crippen LogP contribution in [0.15, 0.2) is 48.5 Å². The number of nitrogens with one attached hydrogen (secondary N) is 2. The van der Waals surface area contributed by atoms with Crippen LogP contribution in [0.4, 0.5) is 11.4 Å². The zero-order valence-electron chi connectivity index (χ0n) is 13.4. The summed E-state index contributed by atoms with van der Waals surface area (Å²) in [5.41, 5.74) is 1.96. The largest absolute Gasteiger partial charge is 0.496 e. The van der Waals surface area contributed by atoms with Gasteiger partial charge in [0.15, 0.2) is 0 Å². The molecule has 24 heavy (non-hydrogen) atoms. The summed E-state index contributed by atoms with van der Waals surface area (Å²) in [6.45, 7) is 1.57. The van der Waals surface area contributed by atoms with Crippen molar-refractivity contribution in [2.45, 2.75) is 0 Å². The lowest BCUT2D eigenvalue weighted by molar-refractivity contribution is -0.120. The second-order valence-corrected chi connectivity index (χ2v) is 5.44. The fourth-order valence-corrected chi connectivity index (χ4v) is 2.72. The number of carbonyl (C=O) groups is 2. The van der Waals surface area contributed by atoms with E-state index >= 15 is 0 Å². The molecular formula is C18H19N3O3. The van der Waals surface area contributed by atoms with E-state index in [-0.39, 0.29) is 18.4 Å². The van der Waals surface area contributed by atoms with Gasteiger partial charge in [0.1, 0.15) is 5.75 Å². The molecule has 0 radical (unpaired) electrons. The minimum atomic E-state index is -0.249. The Morgan fingerprint density at radius 2 is 1.92 bits per heavy atom. The molecule has 0 aliphatic carbocycles. The molecule has 124 valence electrons. The highest BCUT2D eigenvalue weighted by Crippen LogP contribution is 2.27. The first-order valence-electron chi connectivity index (χ1n) is 7.74. The van der Waals surface area contributed by atoms with Gasteiger partial charge in [0, 0.05) is 13.1 Å². The number of ether oxygens (including phenoxy) is 1. The Morgan fingerprint density at radius 1 is 1.17 bits per heavy atom. The van der Waals surface area contributed by atoms with Crippen molar-refractivity contribution < 1.29 is 14.3 Å². The number of piperazine rings is 1. The van der Waals surface area contributed by atoms with Crippen molar-refractivity contribution in [1.82, 2.24) is 5.32 Å². The van der Waals surface area contributed by atoms with E-state index in [9.17, 15) is 9.59 Å². The molecule has 1 saturated heterocycles. The zero-order valence-corrected chi connectivity index (χ0v) is 13.4. The van der Waals surface area contributed by atoms with Crippen LogP contribution in [0.1, 0.15) is 10.4 Å². The van der Waals surface area contributed by atoms with Crippen LogP contribution < -0.4 is 20.3 Å². The maximum Gasteiger partial charge on any atom is 0.259 e. The van der Waals surface area contributed by atoms with Gasteiger partial charge >= 0.3 is 0 Å². The second-order valence-electron chi connectivity index (χ2n) is 5.44. The molecule has 1 aliphatic rings. The SMILES string of the molecule is COc1ccccc1C(=O)Nc1ccccc1N1CCNC(=O)C1. The van der Waals surface area contributed by atoms with E-state index in [1.54, 1.807) is 18.2 Å². The van der Waals surface area contributed by atoms with E-state index in [1.807, 2.05) is 35.2 Å². The molecule has 1 aliphatic heterocycles. The van der Waals surface area contributed by atoms with Gasteiger partial charge in [-0.2, -0.15) is 0 Å². The number of hydrogen-bond acceptors (Lipinski definition) is 4. The summed E-state index contributed by atoms with van der Waals surface area (Å²) < 4.78 is 5.24. The van der Waals surface area contributed by atoms with Crippen molar-refractivity contribution in [2.24, 2.45) is 0 Å². The normalized spacial score (nSPS) is 14.0. The topological polar surface area (TPSA) is 70.7 Å². The molecular weight excluding hydrogens is 306 g/mol. The molecule has 2 aromatic rings. The molecule has 6 nitrogen and oxygen atoms in total. The Kier molecular flexibility index (Phi) is 4.65. The van der Waals surface area contributed by atoms with Crippen LogP contribution in [0, 0.1) is 0 Å². The lowest BCUT2D eigenvalue weighted by atomic mass is 10.1. The quantitative estimate of drug-likeness (QED) is 0.900. The first kappa shape index (κ1) is 15.9. The predicted molar refractivity (Wildman–Crippen MR) is 92.6 cm³/mol. The van der Waals surface area contributed by atoms with Crippen LogP contribution in [0.25, 0.3) is 0 Å². The number of anilines is 2. The molecule has 0 bridgehead atoms. The maximum absolute atomic E-state index is 12.6. The van der Waals surface area contributed by atoms with Crippen LogP contribution in [0.5, 0.6) is 5.75 Å². The molecule has 3 rings (SSSR count). The molecule has 0 unspecified atom stereocenters. The number of carbonyl (C=O) groups excluding carboxylic acids is 2. The van der Waals surface area contributed by atoms with E-state index < -0.39 is 0 Å². The summed E-state index contributed by atoms with van der Waals surface area (Å²) in [6, 6.07) is 14.5. The van der Waals surface area contributed by atoms with E-state index in [0.29, 0.717) is 30.1 Å². The van der Waals surface area contributed by atoms with E-state index in [2.05, 4.69) is 10.6 Å². The lowest BCUT2D eigenvalue weighted by Gasteiger charge is -2.30. The van der Waals surface area contributed by atoms with Gasteiger partial charge < -0.3 is 20.3 Å². The fourth-order valence-electron chi connectivity index (χ4n) is 2.72. The molecule has 1 heterocycles. The van der Waals surface area contributed by atoms with Crippen molar-refractivity contribution >= 4 is 23.2 Å². The third-order valence-corrected chi connectivity index (χ3v) is 3.88. The molecule has 0 aromatic heterocycles. The van der Waals surface area contributed by atoms with Gasteiger partial charge in [0.25, 0.3) is 5.91 Å². The van der Waals surface area contributed by atoms with Crippen molar-refractivity contribution in [1.29, 1.82) is 0 Å². The molecule has 6 heteroatoms. The van der Waals surface area contributed by atoms with Gasteiger partial charge in [-0.05, 0) is 24.3 Å². The zero-order chi connectivity index (χ0) is 16.9. The van der Waals surface area contributed by atoms with E-state index in [4.69, 9.17) is 4.74 Å². The third-order valence-electron chi connectivity index (χ3n) is 3.88. The first-order chi connectivity index (χ1) is 11.7. The number of para-hydroxylation sites is 3. The van der Waals surface area contributed by atoms with Gasteiger partial charge in [-0.1, -0.05) is 24.3 Å². The maximum atomic E-state index is 12.6. The van der Waals surface area contributed by atoms with Crippen LogP contribution in [0.3, 0.4) is 0 Å². The molecule has 2 amide bonds. The number of methoxy groups -OCH3 is 1. The Bertz CT molecular complexity index is 761. The van der Waals surface area contributed by atoms with E-state index in [0.717, 1.165) is 5.69 Å². The van der Waals surface area contributed by atoms with Crippen LogP contribution in [-0.2, 0) is 4.79 Å². The highest BCUT2D eigenvalue weighted by atomic mass is 16.5. The monoisotopic (exact) mass is 325 g/mol. The van der Waals surface area contributed by atoms with Crippen molar-refractivity contribution in [3.63, 3.8) is 0 Å². The van der Waals surface area contributed by atoms with Gasteiger partial charge in [-0.15, -0.1) is 0 Å². The van der Waals surface area contributed by atoms with Crippen molar-refractivity contribution in [2.75, 3.05) is 37.0 Å². The third kappa shape index (κ3) is 3.32. The van der Waals surface area contributed by atoms with E-state index in [1.165, 1.54) is 7.11 Å². The number of rotatable bonds is 4.